The molecule has 0 radical (unpaired) electrons. The smallest absolute Gasteiger partial charge is 0.336 e. The normalized spacial score (nSPS) is 16.5. The molecule has 192 valence electrons. The van der Waals surface area contributed by atoms with Crippen LogP contribution < -0.4 is 10.7 Å². The minimum atomic E-state index is -1.29. The Morgan fingerprint density at radius 1 is 1.03 bits per heavy atom. The van der Waals surface area contributed by atoms with Crippen molar-refractivity contribution >= 4 is 22.9 Å². The molecule has 4 rings (SSSR count). The second-order valence-corrected chi connectivity index (χ2v) is 8.85. The first-order valence-corrected chi connectivity index (χ1v) is 11.6. The van der Waals surface area contributed by atoms with Gasteiger partial charge < -0.3 is 29.8 Å². The van der Waals surface area contributed by atoms with Crippen molar-refractivity contribution in [3.8, 4) is 11.3 Å². The van der Waals surface area contributed by atoms with E-state index >= 15 is 0 Å². The molecular weight excluding hydrogens is 478 g/mol. The average molecular weight is 506 g/mol. The number of hydrogen-bond acceptors (Lipinski definition) is 8. The molecule has 1 aliphatic heterocycles. The average Bonchev–Trinajstić information content (AvgIpc) is 2.88. The van der Waals surface area contributed by atoms with E-state index in [-0.39, 0.29) is 27.5 Å². The lowest BCUT2D eigenvalue weighted by Crippen LogP contribution is -2.33. The van der Waals surface area contributed by atoms with Gasteiger partial charge in [-0.25, -0.2) is 9.59 Å². The van der Waals surface area contributed by atoms with Crippen LogP contribution in [0.4, 0.5) is 0 Å². The fourth-order valence-electron chi connectivity index (χ4n) is 4.59. The number of hydrogen-bond donors (Lipinski definition) is 4. The number of carboxylic acids is 1. The first-order valence-electron chi connectivity index (χ1n) is 11.6. The highest BCUT2D eigenvalue weighted by molar-refractivity contribution is 6.01. The molecule has 2 heterocycles. The van der Waals surface area contributed by atoms with Gasteiger partial charge in [-0.3, -0.25) is 4.79 Å². The SMILES string of the molecule is CC1=C(C(=O)O)C(c2cccc3c(=O)c(C)c(-c4ccccc4)oc23)C(C(=O)OCC(O)CO)=C(C)N1. The third kappa shape index (κ3) is 4.78. The van der Waals surface area contributed by atoms with Gasteiger partial charge in [-0.15, -0.1) is 0 Å². The lowest BCUT2D eigenvalue weighted by molar-refractivity contribution is -0.143. The van der Waals surface area contributed by atoms with E-state index in [1.807, 2.05) is 18.2 Å². The summed E-state index contributed by atoms with van der Waals surface area (Å²) in [5.74, 6) is -2.94. The Kier molecular flexibility index (Phi) is 7.28. The van der Waals surface area contributed by atoms with Crippen LogP contribution in [0.3, 0.4) is 0 Å². The zero-order valence-electron chi connectivity index (χ0n) is 20.6. The summed E-state index contributed by atoms with van der Waals surface area (Å²) < 4.78 is 11.5. The zero-order chi connectivity index (χ0) is 26.9. The predicted octanol–water partition coefficient (Wildman–Crippen LogP) is 2.98. The number of aliphatic hydroxyl groups is 2. The van der Waals surface area contributed by atoms with E-state index in [1.165, 1.54) is 0 Å². The number of carboxylic acid groups (broad SMARTS) is 1. The van der Waals surface area contributed by atoms with Crippen molar-refractivity contribution in [1.82, 2.24) is 5.32 Å². The monoisotopic (exact) mass is 505 g/mol. The van der Waals surface area contributed by atoms with Crippen LogP contribution in [-0.2, 0) is 14.3 Å². The Hall–Kier alpha value is -4.21. The number of benzene rings is 2. The Morgan fingerprint density at radius 3 is 2.35 bits per heavy atom. The summed E-state index contributed by atoms with van der Waals surface area (Å²) in [5, 5.41) is 32.1. The standard InChI is InChI=1S/C28H27NO8/c1-14-24(32)20-11-7-10-19(26(20)37-25(14)17-8-5-4-6-9-17)23-21(27(33)34)15(2)29-16(3)22(23)28(35)36-13-18(31)12-30/h4-11,18,23,29-31H,12-13H2,1-3H3,(H,33,34). The van der Waals surface area contributed by atoms with Gasteiger partial charge in [0.25, 0.3) is 0 Å². The minimum absolute atomic E-state index is 0.00914. The predicted molar refractivity (Wildman–Crippen MR) is 136 cm³/mol. The molecule has 4 N–H and O–H groups in total. The van der Waals surface area contributed by atoms with E-state index in [0.717, 1.165) is 0 Å². The number of carbonyl (C=O) groups is 2. The highest BCUT2D eigenvalue weighted by atomic mass is 16.5. The number of dihydropyridines is 1. The van der Waals surface area contributed by atoms with Gasteiger partial charge in [-0.05, 0) is 26.8 Å². The summed E-state index contributed by atoms with van der Waals surface area (Å²) in [6, 6.07) is 13.9. The van der Waals surface area contributed by atoms with Gasteiger partial charge >= 0.3 is 11.9 Å². The third-order valence-electron chi connectivity index (χ3n) is 6.35. The van der Waals surface area contributed by atoms with E-state index in [9.17, 15) is 24.6 Å². The summed E-state index contributed by atoms with van der Waals surface area (Å²) in [6.45, 7) is 3.76. The Balaban J connectivity index is 1.99. The molecule has 2 atom stereocenters. The quantitative estimate of drug-likeness (QED) is 0.356. The molecule has 0 saturated carbocycles. The van der Waals surface area contributed by atoms with Crippen LogP contribution in [0.1, 0.15) is 30.9 Å². The molecule has 0 spiro atoms. The number of nitrogens with one attached hydrogen (secondary N) is 1. The number of allylic oxidation sites excluding steroid dienone is 2. The Labute approximate surface area is 212 Å². The number of rotatable bonds is 7. The highest BCUT2D eigenvalue weighted by Gasteiger charge is 2.39. The maximum absolute atomic E-state index is 13.4. The van der Waals surface area contributed by atoms with Gasteiger partial charge in [0.15, 0.2) is 5.43 Å². The number of aliphatic carboxylic acids is 1. The minimum Gasteiger partial charge on any atom is -0.478 e. The summed E-state index contributed by atoms with van der Waals surface area (Å²) >= 11 is 0. The van der Waals surface area contributed by atoms with Crippen molar-refractivity contribution in [2.24, 2.45) is 0 Å². The molecule has 3 aromatic rings. The van der Waals surface area contributed by atoms with E-state index < -0.39 is 37.2 Å². The first kappa shape index (κ1) is 25.9. The van der Waals surface area contributed by atoms with Gasteiger partial charge in [0.2, 0.25) is 0 Å². The first-order chi connectivity index (χ1) is 17.6. The van der Waals surface area contributed by atoms with Gasteiger partial charge in [-0.2, -0.15) is 0 Å². The van der Waals surface area contributed by atoms with Crippen LogP contribution in [0.5, 0.6) is 0 Å². The van der Waals surface area contributed by atoms with Crippen molar-refractivity contribution in [1.29, 1.82) is 0 Å². The summed E-state index contributed by atoms with van der Waals surface area (Å²) in [5.41, 5.74) is 1.81. The van der Waals surface area contributed by atoms with Crippen LogP contribution in [0.25, 0.3) is 22.3 Å². The van der Waals surface area contributed by atoms with Crippen LogP contribution in [0.15, 0.2) is 80.3 Å². The number of carbonyl (C=O) groups excluding carboxylic acids is 1. The molecule has 1 aromatic heterocycles. The molecule has 0 saturated heterocycles. The summed E-state index contributed by atoms with van der Waals surface area (Å²) in [4.78, 5) is 39.0. The topological polar surface area (TPSA) is 146 Å². The summed E-state index contributed by atoms with van der Waals surface area (Å²) in [7, 11) is 0. The van der Waals surface area contributed by atoms with Crippen LogP contribution >= 0.6 is 0 Å². The maximum Gasteiger partial charge on any atom is 0.336 e. The van der Waals surface area contributed by atoms with Crippen molar-refractivity contribution in [2.45, 2.75) is 32.8 Å². The molecular formula is C28H27NO8. The number of para-hydroxylation sites is 1. The van der Waals surface area contributed by atoms with Crippen LogP contribution in [-0.4, -0.2) is 46.6 Å². The summed E-state index contributed by atoms with van der Waals surface area (Å²) in [6.07, 6.45) is -1.29. The molecule has 1 aliphatic rings. The molecule has 37 heavy (non-hydrogen) atoms. The number of esters is 1. The maximum atomic E-state index is 13.4. The number of ether oxygens (including phenoxy) is 1. The van der Waals surface area contributed by atoms with Crippen LogP contribution in [0, 0.1) is 6.92 Å². The van der Waals surface area contributed by atoms with E-state index in [4.69, 9.17) is 14.3 Å². The molecule has 9 heteroatoms. The van der Waals surface area contributed by atoms with Crippen molar-refractivity contribution in [3.63, 3.8) is 0 Å². The van der Waals surface area contributed by atoms with E-state index in [0.29, 0.717) is 33.8 Å². The van der Waals surface area contributed by atoms with Gasteiger partial charge in [0, 0.05) is 28.1 Å². The van der Waals surface area contributed by atoms with E-state index in [1.54, 1.807) is 51.1 Å². The van der Waals surface area contributed by atoms with Crippen molar-refractivity contribution in [3.05, 3.63) is 92.4 Å². The fourth-order valence-corrected chi connectivity index (χ4v) is 4.59. The number of fused-ring (bicyclic) bond motifs is 1. The Bertz CT molecular complexity index is 1500. The zero-order valence-corrected chi connectivity index (χ0v) is 20.6. The molecule has 0 amide bonds. The van der Waals surface area contributed by atoms with Crippen molar-refractivity contribution in [2.75, 3.05) is 13.2 Å². The van der Waals surface area contributed by atoms with Gasteiger partial charge in [0.1, 0.15) is 24.1 Å². The second kappa shape index (κ2) is 10.4. The molecule has 0 fully saturated rings. The Morgan fingerprint density at radius 2 is 1.70 bits per heavy atom. The fraction of sp³-hybridized carbons (Fsp3) is 0.250. The molecule has 2 unspecified atom stereocenters. The molecule has 0 bridgehead atoms. The van der Waals surface area contributed by atoms with Crippen LogP contribution in [0.2, 0.25) is 0 Å². The van der Waals surface area contributed by atoms with Gasteiger partial charge in [0.05, 0.1) is 29.1 Å². The second-order valence-electron chi connectivity index (χ2n) is 8.85. The molecule has 0 aliphatic carbocycles. The van der Waals surface area contributed by atoms with E-state index in [2.05, 4.69) is 5.32 Å². The number of aliphatic hydroxyl groups excluding tert-OH is 2. The third-order valence-corrected chi connectivity index (χ3v) is 6.35. The lowest BCUT2D eigenvalue weighted by Gasteiger charge is -2.30. The molecule has 2 aromatic carbocycles. The van der Waals surface area contributed by atoms with Crippen molar-refractivity contribution < 1.29 is 34.1 Å². The largest absolute Gasteiger partial charge is 0.478 e. The van der Waals surface area contributed by atoms with Gasteiger partial charge in [-0.1, -0.05) is 42.5 Å². The highest BCUT2D eigenvalue weighted by Crippen LogP contribution is 2.42. The lowest BCUT2D eigenvalue weighted by atomic mass is 9.79. The molecule has 9 nitrogen and oxygen atoms in total.